The molecule has 0 saturated heterocycles. The minimum Gasteiger partial charge on any atom is -0.325 e. The van der Waals surface area contributed by atoms with Crippen molar-refractivity contribution < 1.29 is 4.79 Å². The van der Waals surface area contributed by atoms with E-state index in [4.69, 9.17) is 0 Å². The summed E-state index contributed by atoms with van der Waals surface area (Å²) in [6.07, 6.45) is 4.54. The number of thiophene rings is 1. The maximum atomic E-state index is 12.7. The minimum atomic E-state index is -0.228. The summed E-state index contributed by atoms with van der Waals surface area (Å²) in [4.78, 5) is 31.4. The second-order valence-electron chi connectivity index (χ2n) is 6.13. The molecule has 1 amide bonds. The van der Waals surface area contributed by atoms with E-state index in [-0.39, 0.29) is 18.0 Å². The van der Waals surface area contributed by atoms with Gasteiger partial charge in [-0.15, -0.1) is 11.3 Å². The van der Waals surface area contributed by atoms with E-state index < -0.39 is 0 Å². The summed E-state index contributed by atoms with van der Waals surface area (Å²) in [5.41, 5.74) is 2.88. The summed E-state index contributed by atoms with van der Waals surface area (Å²) < 4.78 is 1.40. The van der Waals surface area contributed by atoms with Crippen LogP contribution in [0.1, 0.15) is 22.4 Å². The SMILES string of the molecule is Cc1ccc(NC(=O)Cn2cnc3sc4c(c3c2=O)CCC4)cc1. The highest BCUT2D eigenvalue weighted by Crippen LogP contribution is 2.34. The molecule has 1 N–H and O–H groups in total. The first kappa shape index (κ1) is 15.1. The first-order valence-corrected chi connectivity index (χ1v) is 8.79. The molecule has 0 spiro atoms. The van der Waals surface area contributed by atoms with Gasteiger partial charge in [-0.05, 0) is 43.9 Å². The molecule has 0 fully saturated rings. The van der Waals surface area contributed by atoms with Crippen LogP contribution >= 0.6 is 11.3 Å². The summed E-state index contributed by atoms with van der Waals surface area (Å²) in [5, 5.41) is 3.52. The highest BCUT2D eigenvalue weighted by molar-refractivity contribution is 7.18. The smallest absolute Gasteiger partial charge is 0.262 e. The molecule has 0 unspecified atom stereocenters. The lowest BCUT2D eigenvalue weighted by Crippen LogP contribution is -2.28. The van der Waals surface area contributed by atoms with E-state index in [9.17, 15) is 9.59 Å². The largest absolute Gasteiger partial charge is 0.325 e. The van der Waals surface area contributed by atoms with Crippen LogP contribution in [0.25, 0.3) is 10.2 Å². The lowest BCUT2D eigenvalue weighted by atomic mass is 10.2. The Morgan fingerprint density at radius 3 is 2.88 bits per heavy atom. The van der Waals surface area contributed by atoms with Crippen LogP contribution in [0.5, 0.6) is 0 Å². The third-order valence-corrected chi connectivity index (χ3v) is 5.54. The van der Waals surface area contributed by atoms with Gasteiger partial charge in [0, 0.05) is 10.6 Å². The van der Waals surface area contributed by atoms with E-state index in [2.05, 4.69) is 10.3 Å². The van der Waals surface area contributed by atoms with Gasteiger partial charge in [0.25, 0.3) is 5.56 Å². The van der Waals surface area contributed by atoms with Crippen molar-refractivity contribution in [2.75, 3.05) is 5.32 Å². The minimum absolute atomic E-state index is 0.0275. The second kappa shape index (κ2) is 5.87. The monoisotopic (exact) mass is 339 g/mol. The molecule has 1 aromatic carbocycles. The topological polar surface area (TPSA) is 64.0 Å². The van der Waals surface area contributed by atoms with Crippen LogP contribution in [0.15, 0.2) is 35.4 Å². The molecule has 0 aliphatic heterocycles. The fraction of sp³-hybridized carbons (Fsp3) is 0.278. The fourth-order valence-corrected chi connectivity index (χ4v) is 4.34. The third kappa shape index (κ3) is 2.63. The lowest BCUT2D eigenvalue weighted by Gasteiger charge is -2.08. The fourth-order valence-electron chi connectivity index (χ4n) is 3.12. The molecule has 0 bridgehead atoms. The van der Waals surface area contributed by atoms with Crippen LogP contribution in [0.4, 0.5) is 5.69 Å². The van der Waals surface area contributed by atoms with Gasteiger partial charge in [-0.25, -0.2) is 4.98 Å². The van der Waals surface area contributed by atoms with Crippen molar-refractivity contribution in [3.63, 3.8) is 0 Å². The summed E-state index contributed by atoms with van der Waals surface area (Å²) in [5.74, 6) is -0.228. The molecular weight excluding hydrogens is 322 g/mol. The summed E-state index contributed by atoms with van der Waals surface area (Å²) >= 11 is 1.61. The highest BCUT2D eigenvalue weighted by atomic mass is 32.1. The molecule has 0 radical (unpaired) electrons. The van der Waals surface area contributed by atoms with E-state index in [1.807, 2.05) is 31.2 Å². The standard InChI is InChI=1S/C18H17N3O2S/c1-11-5-7-12(8-6-11)20-15(22)9-21-10-19-17-16(18(21)23)13-3-2-4-14(13)24-17/h5-8,10H,2-4,9H2,1H3,(H,20,22). The number of amides is 1. The van der Waals surface area contributed by atoms with Crippen LogP contribution in [0, 0.1) is 6.92 Å². The molecule has 0 atom stereocenters. The third-order valence-electron chi connectivity index (χ3n) is 4.34. The van der Waals surface area contributed by atoms with Crippen molar-refractivity contribution in [3.8, 4) is 0 Å². The maximum absolute atomic E-state index is 12.7. The molecule has 1 aliphatic carbocycles. The van der Waals surface area contributed by atoms with Gasteiger partial charge in [0.05, 0.1) is 11.7 Å². The number of carbonyl (C=O) groups excluding carboxylic acids is 1. The number of aromatic nitrogens is 2. The zero-order chi connectivity index (χ0) is 16.7. The summed E-state index contributed by atoms with van der Waals surface area (Å²) in [6.45, 7) is 1.96. The zero-order valence-corrected chi connectivity index (χ0v) is 14.2. The Balaban J connectivity index is 1.60. The van der Waals surface area contributed by atoms with Crippen molar-refractivity contribution in [2.45, 2.75) is 32.7 Å². The molecule has 24 heavy (non-hydrogen) atoms. The summed E-state index contributed by atoms with van der Waals surface area (Å²) in [7, 11) is 0. The average molecular weight is 339 g/mol. The van der Waals surface area contributed by atoms with E-state index >= 15 is 0 Å². The van der Waals surface area contributed by atoms with Crippen molar-refractivity contribution in [2.24, 2.45) is 0 Å². The number of hydrogen-bond donors (Lipinski definition) is 1. The first-order chi connectivity index (χ1) is 11.6. The maximum Gasteiger partial charge on any atom is 0.262 e. The Morgan fingerprint density at radius 2 is 2.08 bits per heavy atom. The Bertz CT molecular complexity index is 986. The van der Waals surface area contributed by atoms with Gasteiger partial charge in [-0.2, -0.15) is 0 Å². The van der Waals surface area contributed by atoms with Crippen molar-refractivity contribution in [1.82, 2.24) is 9.55 Å². The van der Waals surface area contributed by atoms with Gasteiger partial charge < -0.3 is 5.32 Å². The molecule has 5 nitrogen and oxygen atoms in total. The van der Waals surface area contributed by atoms with Gasteiger partial charge in [-0.1, -0.05) is 17.7 Å². The number of carbonyl (C=O) groups is 1. The molecule has 0 saturated carbocycles. The van der Waals surface area contributed by atoms with Crippen LogP contribution < -0.4 is 10.9 Å². The van der Waals surface area contributed by atoms with Gasteiger partial charge >= 0.3 is 0 Å². The molecule has 2 aromatic heterocycles. The van der Waals surface area contributed by atoms with Gasteiger partial charge in [0.2, 0.25) is 5.91 Å². The predicted octanol–water partition coefficient (Wildman–Crippen LogP) is 2.89. The number of aryl methyl sites for hydroxylation is 3. The van der Waals surface area contributed by atoms with E-state index in [0.29, 0.717) is 5.39 Å². The predicted molar refractivity (Wildman–Crippen MR) is 95.7 cm³/mol. The van der Waals surface area contributed by atoms with Gasteiger partial charge in [0.1, 0.15) is 11.4 Å². The number of nitrogens with zero attached hydrogens (tertiary/aromatic N) is 2. The van der Waals surface area contributed by atoms with Crippen molar-refractivity contribution in [1.29, 1.82) is 0 Å². The van der Waals surface area contributed by atoms with Gasteiger partial charge in [0.15, 0.2) is 0 Å². The Kier molecular flexibility index (Phi) is 3.69. The number of nitrogens with one attached hydrogen (secondary N) is 1. The van der Waals surface area contributed by atoms with Crippen LogP contribution in [0.3, 0.4) is 0 Å². The Hall–Kier alpha value is -2.47. The Morgan fingerprint density at radius 1 is 1.29 bits per heavy atom. The molecule has 3 aromatic rings. The lowest BCUT2D eigenvalue weighted by molar-refractivity contribution is -0.116. The molecular formula is C18H17N3O2S. The average Bonchev–Trinajstić information content (AvgIpc) is 3.13. The van der Waals surface area contributed by atoms with E-state index in [1.165, 1.54) is 15.8 Å². The summed E-state index contributed by atoms with van der Waals surface area (Å²) in [6, 6.07) is 7.57. The van der Waals surface area contributed by atoms with E-state index in [0.717, 1.165) is 40.9 Å². The number of hydrogen-bond acceptors (Lipinski definition) is 4. The molecule has 1 aliphatic rings. The van der Waals surface area contributed by atoms with Gasteiger partial charge in [-0.3, -0.25) is 14.2 Å². The number of rotatable bonds is 3. The van der Waals surface area contributed by atoms with Crippen LogP contribution in [-0.4, -0.2) is 15.5 Å². The van der Waals surface area contributed by atoms with Crippen LogP contribution in [0.2, 0.25) is 0 Å². The van der Waals surface area contributed by atoms with Crippen molar-refractivity contribution >= 4 is 33.1 Å². The number of benzene rings is 1. The zero-order valence-electron chi connectivity index (χ0n) is 13.3. The van der Waals surface area contributed by atoms with Crippen molar-refractivity contribution in [3.05, 3.63) is 57.0 Å². The second-order valence-corrected chi connectivity index (χ2v) is 7.21. The van der Waals surface area contributed by atoms with Crippen LogP contribution in [-0.2, 0) is 24.2 Å². The normalized spacial score (nSPS) is 13.2. The molecule has 2 heterocycles. The molecule has 6 heteroatoms. The quantitative estimate of drug-likeness (QED) is 0.798. The number of anilines is 1. The Labute approximate surface area is 143 Å². The first-order valence-electron chi connectivity index (χ1n) is 7.98. The number of fused-ring (bicyclic) bond motifs is 3. The van der Waals surface area contributed by atoms with E-state index in [1.54, 1.807) is 11.3 Å². The molecule has 122 valence electrons. The highest BCUT2D eigenvalue weighted by Gasteiger charge is 2.21. The molecule has 4 rings (SSSR count).